The highest BCUT2D eigenvalue weighted by Crippen LogP contribution is 2.37. The molecule has 0 radical (unpaired) electrons. The zero-order chi connectivity index (χ0) is 20.8. The van der Waals surface area contributed by atoms with Crippen molar-refractivity contribution in [2.45, 2.75) is 45.2 Å². The van der Waals surface area contributed by atoms with Crippen molar-refractivity contribution in [2.75, 3.05) is 18.8 Å². The van der Waals surface area contributed by atoms with E-state index in [4.69, 9.17) is 10.3 Å². The lowest BCUT2D eigenvalue weighted by Crippen LogP contribution is -2.46. The second-order valence-electron chi connectivity index (χ2n) is 8.81. The average Bonchev–Trinajstić information content (AvgIpc) is 3.17. The van der Waals surface area contributed by atoms with Gasteiger partial charge in [-0.1, -0.05) is 19.0 Å². The molecule has 0 aromatic carbocycles. The Kier molecular flexibility index (Phi) is 4.66. The molecule has 0 saturated carbocycles. The Morgan fingerprint density at radius 3 is 2.80 bits per heavy atom. The van der Waals surface area contributed by atoms with E-state index in [-0.39, 0.29) is 5.56 Å². The van der Waals surface area contributed by atoms with Crippen LogP contribution in [0, 0.1) is 5.92 Å². The van der Waals surface area contributed by atoms with E-state index < -0.39 is 0 Å². The fourth-order valence-corrected chi connectivity index (χ4v) is 4.77. The highest BCUT2D eigenvalue weighted by atomic mass is 16.5. The number of hydrogen-bond donors (Lipinski definition) is 1. The Morgan fingerprint density at radius 1 is 1.17 bits per heavy atom. The van der Waals surface area contributed by atoms with Crippen LogP contribution in [0.1, 0.15) is 49.3 Å². The highest BCUT2D eigenvalue weighted by molar-refractivity contribution is 5.61. The lowest BCUT2D eigenvalue weighted by molar-refractivity contribution is 0.112. The lowest BCUT2D eigenvalue weighted by Gasteiger charge is -2.42. The van der Waals surface area contributed by atoms with Crippen LogP contribution in [-0.2, 0) is 13.1 Å². The van der Waals surface area contributed by atoms with E-state index >= 15 is 0 Å². The molecule has 0 amide bonds. The Bertz CT molecular complexity index is 1130. The minimum Gasteiger partial charge on any atom is -0.384 e. The van der Waals surface area contributed by atoms with Gasteiger partial charge in [-0.2, -0.15) is 0 Å². The maximum atomic E-state index is 12.9. The molecule has 2 aliphatic rings. The van der Waals surface area contributed by atoms with E-state index in [0.29, 0.717) is 29.3 Å². The first-order chi connectivity index (χ1) is 14.5. The third-order valence-corrected chi connectivity index (χ3v) is 6.15. The Morgan fingerprint density at radius 2 is 2.03 bits per heavy atom. The number of nitrogens with two attached hydrogens (primary N) is 1. The van der Waals surface area contributed by atoms with E-state index in [1.54, 1.807) is 12.1 Å². The van der Waals surface area contributed by atoms with Gasteiger partial charge in [0, 0.05) is 67.5 Å². The van der Waals surface area contributed by atoms with E-state index in [9.17, 15) is 4.79 Å². The molecule has 2 aliphatic heterocycles. The van der Waals surface area contributed by atoms with Gasteiger partial charge in [-0.15, -0.1) is 0 Å². The SMILES string of the molecule is CC(C)c1cc(CN2C[C@@H]3C[C@H](C2)c2cc(-c4cc(N)ncn4)cc(=O)n2C3)no1. The molecule has 2 N–H and O–H groups in total. The topological polar surface area (TPSA) is 103 Å². The summed E-state index contributed by atoms with van der Waals surface area (Å²) in [4.78, 5) is 23.5. The van der Waals surface area contributed by atoms with Crippen LogP contribution in [0.4, 0.5) is 5.82 Å². The van der Waals surface area contributed by atoms with Gasteiger partial charge in [-0.3, -0.25) is 9.69 Å². The summed E-state index contributed by atoms with van der Waals surface area (Å²) in [5.41, 5.74) is 9.38. The van der Waals surface area contributed by atoms with E-state index in [2.05, 4.69) is 46.0 Å². The maximum Gasteiger partial charge on any atom is 0.251 e. The molecular formula is C22H26N6O2. The van der Waals surface area contributed by atoms with Crippen molar-refractivity contribution in [3.8, 4) is 11.3 Å². The first-order valence-corrected chi connectivity index (χ1v) is 10.5. The highest BCUT2D eigenvalue weighted by Gasteiger charge is 2.35. The Balaban J connectivity index is 1.42. The van der Waals surface area contributed by atoms with Gasteiger partial charge in [-0.25, -0.2) is 9.97 Å². The van der Waals surface area contributed by atoms with Crippen LogP contribution in [-0.4, -0.2) is 37.7 Å². The number of aromatic nitrogens is 4. The summed E-state index contributed by atoms with van der Waals surface area (Å²) in [6, 6.07) is 7.53. The summed E-state index contributed by atoms with van der Waals surface area (Å²) < 4.78 is 7.41. The Hall–Kier alpha value is -3.00. The van der Waals surface area contributed by atoms with Gasteiger partial charge >= 0.3 is 0 Å². The van der Waals surface area contributed by atoms with Crippen molar-refractivity contribution < 1.29 is 4.52 Å². The zero-order valence-electron chi connectivity index (χ0n) is 17.3. The molecule has 2 bridgehead atoms. The number of piperidine rings is 1. The largest absolute Gasteiger partial charge is 0.384 e. The van der Waals surface area contributed by atoms with Crippen LogP contribution in [0.2, 0.25) is 0 Å². The molecule has 1 fully saturated rings. The predicted octanol–water partition coefficient (Wildman–Crippen LogP) is 2.62. The normalized spacial score (nSPS) is 21.0. The number of nitrogens with zero attached hydrogens (tertiary/aromatic N) is 5. The molecule has 3 aromatic heterocycles. The molecule has 0 aliphatic carbocycles. The van der Waals surface area contributed by atoms with Gasteiger partial charge in [0.2, 0.25) is 0 Å². The quantitative estimate of drug-likeness (QED) is 0.710. The lowest BCUT2D eigenvalue weighted by atomic mass is 9.82. The molecule has 3 aromatic rings. The molecule has 2 atom stereocenters. The molecule has 8 heteroatoms. The van der Waals surface area contributed by atoms with Crippen molar-refractivity contribution in [1.82, 2.24) is 24.6 Å². The number of fused-ring (bicyclic) bond motifs is 4. The fourth-order valence-electron chi connectivity index (χ4n) is 4.77. The van der Waals surface area contributed by atoms with Crippen molar-refractivity contribution >= 4 is 5.82 Å². The predicted molar refractivity (Wildman–Crippen MR) is 113 cm³/mol. The molecule has 5 heterocycles. The van der Waals surface area contributed by atoms with Gasteiger partial charge in [0.25, 0.3) is 5.56 Å². The van der Waals surface area contributed by atoms with Crippen LogP contribution < -0.4 is 11.3 Å². The monoisotopic (exact) mass is 406 g/mol. The average molecular weight is 406 g/mol. The van der Waals surface area contributed by atoms with Crippen LogP contribution in [0.25, 0.3) is 11.3 Å². The van der Waals surface area contributed by atoms with Gasteiger partial charge in [0.15, 0.2) is 0 Å². The van der Waals surface area contributed by atoms with Gasteiger partial charge in [0.1, 0.15) is 17.9 Å². The van der Waals surface area contributed by atoms with E-state index in [0.717, 1.165) is 55.3 Å². The van der Waals surface area contributed by atoms with Crippen LogP contribution in [0.15, 0.2) is 39.9 Å². The van der Waals surface area contributed by atoms with E-state index in [1.165, 1.54) is 6.33 Å². The van der Waals surface area contributed by atoms with Crippen LogP contribution in [0.3, 0.4) is 0 Å². The summed E-state index contributed by atoms with van der Waals surface area (Å²) in [5, 5.41) is 4.25. The summed E-state index contributed by atoms with van der Waals surface area (Å²) in [6.45, 7) is 7.60. The van der Waals surface area contributed by atoms with Gasteiger partial charge in [-0.05, 0) is 18.4 Å². The molecule has 8 nitrogen and oxygen atoms in total. The van der Waals surface area contributed by atoms with Crippen molar-refractivity contribution in [3.63, 3.8) is 0 Å². The number of nitrogen functional groups attached to an aromatic ring is 1. The molecule has 5 rings (SSSR count). The van der Waals surface area contributed by atoms with Crippen molar-refractivity contribution in [3.05, 3.63) is 58.1 Å². The minimum absolute atomic E-state index is 0.0286. The third kappa shape index (κ3) is 3.52. The summed E-state index contributed by atoms with van der Waals surface area (Å²) in [5.74, 6) is 2.43. The van der Waals surface area contributed by atoms with Crippen molar-refractivity contribution in [2.24, 2.45) is 5.92 Å². The smallest absolute Gasteiger partial charge is 0.251 e. The maximum absolute atomic E-state index is 12.9. The standard InChI is InChI=1S/C22H26N6O2/c1-13(2)20-6-17(26-30-20)11-27-8-14-3-16(10-27)19-4-15(5-22(29)28(19)9-14)18-7-21(23)25-12-24-18/h4-7,12-14,16H,3,8-11H2,1-2H3,(H2,23,24,25)/t14-,16+/m0/s1. The number of likely N-dealkylation sites (tertiary alicyclic amines) is 1. The second kappa shape index (κ2) is 7.36. The molecule has 0 spiro atoms. The molecule has 156 valence electrons. The summed E-state index contributed by atoms with van der Waals surface area (Å²) in [7, 11) is 0. The first-order valence-electron chi connectivity index (χ1n) is 10.5. The number of anilines is 1. The third-order valence-electron chi connectivity index (χ3n) is 6.15. The fraction of sp³-hybridized carbons (Fsp3) is 0.455. The molecule has 30 heavy (non-hydrogen) atoms. The number of pyridine rings is 1. The van der Waals surface area contributed by atoms with Gasteiger partial charge < -0.3 is 14.8 Å². The van der Waals surface area contributed by atoms with Gasteiger partial charge in [0.05, 0.1) is 11.4 Å². The van der Waals surface area contributed by atoms with Crippen LogP contribution in [0.5, 0.6) is 0 Å². The number of hydrogen-bond acceptors (Lipinski definition) is 7. The summed E-state index contributed by atoms with van der Waals surface area (Å²) in [6.07, 6.45) is 2.53. The van der Waals surface area contributed by atoms with Crippen molar-refractivity contribution in [1.29, 1.82) is 0 Å². The molecule has 0 unspecified atom stereocenters. The second-order valence-corrected chi connectivity index (χ2v) is 8.81. The summed E-state index contributed by atoms with van der Waals surface area (Å²) >= 11 is 0. The molecule has 1 saturated heterocycles. The minimum atomic E-state index is 0.0286. The van der Waals surface area contributed by atoms with Crippen LogP contribution >= 0.6 is 0 Å². The van der Waals surface area contributed by atoms with E-state index in [1.807, 2.05) is 4.57 Å². The zero-order valence-corrected chi connectivity index (χ0v) is 17.3. The first kappa shape index (κ1) is 19.0. The number of rotatable bonds is 4. The Labute approximate surface area is 174 Å². The molecular weight excluding hydrogens is 380 g/mol.